The van der Waals surface area contributed by atoms with Crippen molar-refractivity contribution >= 4 is 40.0 Å². The number of hydrogen-bond donors (Lipinski definition) is 1. The summed E-state index contributed by atoms with van der Waals surface area (Å²) >= 11 is 8.21. The summed E-state index contributed by atoms with van der Waals surface area (Å²) < 4.78 is 1.05. The first-order valence-corrected chi connectivity index (χ1v) is 6.97. The average molecular weight is 374 g/mol. The lowest BCUT2D eigenvalue weighted by atomic mass is 10.1. The highest BCUT2D eigenvalue weighted by atomic mass is 127. The van der Waals surface area contributed by atoms with Gasteiger partial charge in [-0.2, -0.15) is 0 Å². The molecule has 1 heterocycles. The topological polar surface area (TPSA) is 37.8 Å². The number of benzene rings is 1. The summed E-state index contributed by atoms with van der Waals surface area (Å²) in [5.74, 6) is 1.58. The van der Waals surface area contributed by atoms with Gasteiger partial charge in [-0.3, -0.25) is 0 Å². The molecule has 0 saturated heterocycles. The molecule has 2 rings (SSSR count). The molecule has 1 N–H and O–H groups in total. The van der Waals surface area contributed by atoms with Crippen molar-refractivity contribution in [3.05, 3.63) is 38.0 Å². The average Bonchev–Trinajstić information content (AvgIpc) is 2.32. The molecular formula is C13H13ClIN3. The maximum absolute atomic E-state index is 5.97. The third kappa shape index (κ3) is 2.59. The number of aryl methyl sites for hydroxylation is 2. The highest BCUT2D eigenvalue weighted by Crippen LogP contribution is 2.27. The fraction of sp³-hybridized carbons (Fsp3) is 0.231. The van der Waals surface area contributed by atoms with Crippen molar-refractivity contribution in [2.24, 2.45) is 0 Å². The van der Waals surface area contributed by atoms with Gasteiger partial charge in [-0.05, 0) is 60.2 Å². The van der Waals surface area contributed by atoms with Crippen LogP contribution in [0.2, 0.25) is 5.02 Å². The largest absolute Gasteiger partial charge is 0.372 e. The van der Waals surface area contributed by atoms with Crippen LogP contribution in [0.3, 0.4) is 0 Å². The zero-order valence-corrected chi connectivity index (χ0v) is 13.3. The molecule has 0 aliphatic rings. The van der Waals surface area contributed by atoms with Crippen molar-refractivity contribution in [2.45, 2.75) is 13.8 Å². The lowest BCUT2D eigenvalue weighted by Crippen LogP contribution is -2.03. The summed E-state index contributed by atoms with van der Waals surface area (Å²) in [6, 6.07) is 5.74. The van der Waals surface area contributed by atoms with E-state index in [2.05, 4.69) is 37.9 Å². The summed E-state index contributed by atoms with van der Waals surface area (Å²) in [4.78, 5) is 9.08. The molecule has 0 spiro atoms. The smallest absolute Gasteiger partial charge is 0.162 e. The van der Waals surface area contributed by atoms with Gasteiger partial charge in [0.05, 0.1) is 9.26 Å². The molecule has 1 aromatic heterocycles. The lowest BCUT2D eigenvalue weighted by Gasteiger charge is -2.10. The first kappa shape index (κ1) is 13.5. The van der Waals surface area contributed by atoms with Crippen molar-refractivity contribution < 1.29 is 0 Å². The Bertz CT molecular complexity index is 599. The quantitative estimate of drug-likeness (QED) is 0.807. The molecule has 0 atom stereocenters. The van der Waals surface area contributed by atoms with Crippen LogP contribution in [0.1, 0.15) is 11.3 Å². The van der Waals surface area contributed by atoms with E-state index in [0.29, 0.717) is 0 Å². The van der Waals surface area contributed by atoms with Gasteiger partial charge >= 0.3 is 0 Å². The molecular weight excluding hydrogens is 361 g/mol. The monoisotopic (exact) mass is 373 g/mol. The fourth-order valence-electron chi connectivity index (χ4n) is 1.72. The maximum atomic E-state index is 5.97. The van der Waals surface area contributed by atoms with Gasteiger partial charge in [0.1, 0.15) is 5.82 Å². The van der Waals surface area contributed by atoms with Gasteiger partial charge in [0.15, 0.2) is 5.82 Å². The molecule has 0 unspecified atom stereocenters. The van der Waals surface area contributed by atoms with Crippen LogP contribution in [0.25, 0.3) is 11.4 Å². The van der Waals surface area contributed by atoms with Crippen LogP contribution in [0.15, 0.2) is 18.2 Å². The molecule has 0 aliphatic heterocycles. The number of anilines is 1. The zero-order valence-electron chi connectivity index (χ0n) is 10.4. The molecule has 94 valence electrons. The van der Waals surface area contributed by atoms with E-state index < -0.39 is 0 Å². The summed E-state index contributed by atoms with van der Waals surface area (Å²) in [7, 11) is 1.86. The van der Waals surface area contributed by atoms with Crippen LogP contribution in [0, 0.1) is 17.4 Å². The summed E-state index contributed by atoms with van der Waals surface area (Å²) in [5.41, 5.74) is 3.06. The van der Waals surface area contributed by atoms with Gasteiger partial charge in [0.25, 0.3) is 0 Å². The van der Waals surface area contributed by atoms with Crippen molar-refractivity contribution in [3.63, 3.8) is 0 Å². The Morgan fingerprint density at radius 2 is 1.94 bits per heavy atom. The zero-order chi connectivity index (χ0) is 13.3. The summed E-state index contributed by atoms with van der Waals surface area (Å²) in [6.07, 6.45) is 0. The van der Waals surface area contributed by atoms with E-state index in [4.69, 9.17) is 11.6 Å². The molecule has 0 amide bonds. The Hall–Kier alpha value is -0.880. The highest BCUT2D eigenvalue weighted by Gasteiger charge is 2.11. The van der Waals surface area contributed by atoms with Gasteiger partial charge < -0.3 is 5.32 Å². The number of aromatic nitrogens is 2. The first-order valence-electron chi connectivity index (χ1n) is 5.51. The lowest BCUT2D eigenvalue weighted by molar-refractivity contribution is 1.08. The molecule has 0 saturated carbocycles. The van der Waals surface area contributed by atoms with E-state index >= 15 is 0 Å². The number of halogens is 2. The van der Waals surface area contributed by atoms with E-state index in [1.165, 1.54) is 0 Å². The third-order valence-corrected chi connectivity index (χ3v) is 4.21. The minimum atomic E-state index is 0.728. The highest BCUT2D eigenvalue weighted by molar-refractivity contribution is 14.1. The number of hydrogen-bond acceptors (Lipinski definition) is 3. The third-order valence-electron chi connectivity index (χ3n) is 2.68. The number of nitrogens with zero attached hydrogens (tertiary/aromatic N) is 2. The van der Waals surface area contributed by atoms with Crippen molar-refractivity contribution in [1.82, 2.24) is 9.97 Å². The molecule has 0 bridgehead atoms. The standard InChI is InChI=1S/C13H13ClIN3/c1-7-6-9(14)4-5-10(7)12-17-8(2)11(15)13(16-3)18-12/h4-6H,1-3H3,(H,16,17,18). The van der Waals surface area contributed by atoms with E-state index in [9.17, 15) is 0 Å². The Morgan fingerprint density at radius 1 is 1.22 bits per heavy atom. The van der Waals surface area contributed by atoms with E-state index in [1.807, 2.05) is 39.1 Å². The van der Waals surface area contributed by atoms with Crippen LogP contribution in [-0.4, -0.2) is 17.0 Å². The summed E-state index contributed by atoms with van der Waals surface area (Å²) in [6.45, 7) is 4.00. The molecule has 2 aromatic rings. The van der Waals surface area contributed by atoms with Crippen LogP contribution >= 0.6 is 34.2 Å². The predicted octanol–water partition coefficient (Wildman–Crippen LogP) is 4.06. The Kier molecular flexibility index (Phi) is 4.07. The molecule has 0 aliphatic carbocycles. The van der Waals surface area contributed by atoms with Crippen LogP contribution in [0.4, 0.5) is 5.82 Å². The second-order valence-electron chi connectivity index (χ2n) is 4.00. The van der Waals surface area contributed by atoms with Crippen molar-refractivity contribution in [1.29, 1.82) is 0 Å². The Balaban J connectivity index is 2.60. The normalized spacial score (nSPS) is 10.5. The van der Waals surface area contributed by atoms with Gasteiger partial charge in [0, 0.05) is 17.6 Å². The van der Waals surface area contributed by atoms with Gasteiger partial charge in [-0.1, -0.05) is 11.6 Å². The molecule has 18 heavy (non-hydrogen) atoms. The van der Waals surface area contributed by atoms with Crippen molar-refractivity contribution in [2.75, 3.05) is 12.4 Å². The molecule has 5 heteroatoms. The number of rotatable bonds is 2. The van der Waals surface area contributed by atoms with Crippen LogP contribution < -0.4 is 5.32 Å². The van der Waals surface area contributed by atoms with E-state index in [-0.39, 0.29) is 0 Å². The molecule has 3 nitrogen and oxygen atoms in total. The van der Waals surface area contributed by atoms with E-state index in [0.717, 1.165) is 37.1 Å². The Morgan fingerprint density at radius 3 is 2.56 bits per heavy atom. The minimum Gasteiger partial charge on any atom is -0.372 e. The maximum Gasteiger partial charge on any atom is 0.162 e. The Labute approximate surface area is 125 Å². The molecule has 1 aromatic carbocycles. The van der Waals surface area contributed by atoms with Crippen LogP contribution in [-0.2, 0) is 0 Å². The molecule has 0 fully saturated rings. The fourth-order valence-corrected chi connectivity index (χ4v) is 2.46. The second kappa shape index (κ2) is 5.40. The van der Waals surface area contributed by atoms with Crippen molar-refractivity contribution in [3.8, 4) is 11.4 Å². The number of nitrogens with one attached hydrogen (secondary N) is 1. The van der Waals surface area contributed by atoms with E-state index in [1.54, 1.807) is 0 Å². The van der Waals surface area contributed by atoms with Gasteiger partial charge in [0.2, 0.25) is 0 Å². The van der Waals surface area contributed by atoms with Gasteiger partial charge in [-0.25, -0.2) is 9.97 Å². The second-order valence-corrected chi connectivity index (χ2v) is 5.52. The minimum absolute atomic E-state index is 0.728. The van der Waals surface area contributed by atoms with Gasteiger partial charge in [-0.15, -0.1) is 0 Å². The SMILES string of the molecule is CNc1nc(-c2ccc(Cl)cc2C)nc(C)c1I. The summed E-state index contributed by atoms with van der Waals surface area (Å²) in [5, 5.41) is 3.82. The van der Waals surface area contributed by atoms with Crippen LogP contribution in [0.5, 0.6) is 0 Å². The predicted molar refractivity (Wildman–Crippen MR) is 84.2 cm³/mol. The first-order chi connectivity index (χ1) is 8.52. The molecule has 0 radical (unpaired) electrons.